The zero-order valence-corrected chi connectivity index (χ0v) is 9.93. The number of rotatable bonds is 4. The lowest BCUT2D eigenvalue weighted by Gasteiger charge is -2.14. The van der Waals surface area contributed by atoms with Crippen molar-refractivity contribution in [1.29, 1.82) is 0 Å². The summed E-state index contributed by atoms with van der Waals surface area (Å²) in [4.78, 5) is 20.6. The monoisotopic (exact) mass is 233 g/mol. The maximum absolute atomic E-state index is 11.3. The van der Waals surface area contributed by atoms with E-state index in [2.05, 4.69) is 9.97 Å². The van der Waals surface area contributed by atoms with Gasteiger partial charge in [0, 0.05) is 7.05 Å². The third-order valence-corrected chi connectivity index (χ3v) is 2.41. The fourth-order valence-corrected chi connectivity index (χ4v) is 1.60. The van der Waals surface area contributed by atoms with Crippen molar-refractivity contribution in [1.82, 2.24) is 9.97 Å². The summed E-state index contributed by atoms with van der Waals surface area (Å²) in [6, 6.07) is 7.74. The van der Waals surface area contributed by atoms with Crippen molar-refractivity contribution < 1.29 is 9.53 Å². The van der Waals surface area contributed by atoms with Gasteiger partial charge in [-0.3, -0.25) is 4.79 Å². The molecule has 0 unspecified atom stereocenters. The molecule has 0 bridgehead atoms. The lowest BCUT2D eigenvalue weighted by Crippen LogP contribution is -2.27. The average molecular weight is 233 g/mol. The van der Waals surface area contributed by atoms with E-state index >= 15 is 0 Å². The molecule has 0 saturated carbocycles. The van der Waals surface area contributed by atoms with Crippen molar-refractivity contribution in [2.75, 3.05) is 25.1 Å². The molecule has 1 heterocycles. The first-order valence-corrected chi connectivity index (χ1v) is 5.52. The Bertz CT molecular complexity index is 488. The highest BCUT2D eigenvalue weighted by Crippen LogP contribution is 2.15. The van der Waals surface area contributed by atoms with Crippen molar-refractivity contribution in [2.24, 2.45) is 0 Å². The Morgan fingerprint density at radius 3 is 2.94 bits per heavy atom. The molecule has 1 aromatic heterocycles. The summed E-state index contributed by atoms with van der Waals surface area (Å²) in [6.45, 7) is 2.37. The Kier molecular flexibility index (Phi) is 3.27. The smallest absolute Gasteiger partial charge is 0.325 e. The van der Waals surface area contributed by atoms with E-state index in [4.69, 9.17) is 4.74 Å². The predicted molar refractivity (Wildman–Crippen MR) is 66.0 cm³/mol. The second-order valence-corrected chi connectivity index (χ2v) is 3.74. The number of aromatic nitrogens is 2. The van der Waals surface area contributed by atoms with Crippen molar-refractivity contribution in [3.63, 3.8) is 0 Å². The Labute approximate surface area is 99.4 Å². The number of ether oxygens (including phenoxy) is 1. The third kappa shape index (κ3) is 2.55. The number of nitrogens with zero attached hydrogens (tertiary/aromatic N) is 2. The fourth-order valence-electron chi connectivity index (χ4n) is 1.60. The zero-order valence-electron chi connectivity index (χ0n) is 9.93. The van der Waals surface area contributed by atoms with Crippen molar-refractivity contribution in [3.8, 4) is 0 Å². The number of para-hydroxylation sites is 2. The zero-order chi connectivity index (χ0) is 12.3. The SMILES string of the molecule is CCOC(=O)CN(C)c1nc2ccccc2[nH]1. The maximum Gasteiger partial charge on any atom is 0.325 e. The van der Waals surface area contributed by atoms with Crippen molar-refractivity contribution in [3.05, 3.63) is 24.3 Å². The number of nitrogens with one attached hydrogen (secondary N) is 1. The van der Waals surface area contributed by atoms with Crippen molar-refractivity contribution in [2.45, 2.75) is 6.92 Å². The van der Waals surface area contributed by atoms with Gasteiger partial charge in [0.1, 0.15) is 6.54 Å². The molecule has 2 rings (SSSR count). The van der Waals surface area contributed by atoms with E-state index in [1.807, 2.05) is 24.3 Å². The number of H-pyrrole nitrogens is 1. The van der Waals surface area contributed by atoms with Crippen LogP contribution in [-0.2, 0) is 9.53 Å². The predicted octanol–water partition coefficient (Wildman–Crippen LogP) is 1.56. The van der Waals surface area contributed by atoms with Gasteiger partial charge in [-0.15, -0.1) is 0 Å². The van der Waals surface area contributed by atoms with E-state index in [0.29, 0.717) is 12.6 Å². The van der Waals surface area contributed by atoms with Crippen LogP contribution in [0.3, 0.4) is 0 Å². The molecule has 1 aromatic carbocycles. The summed E-state index contributed by atoms with van der Waals surface area (Å²) < 4.78 is 4.89. The standard InChI is InChI=1S/C12H15N3O2/c1-3-17-11(16)8-15(2)12-13-9-6-4-5-7-10(9)14-12/h4-7H,3,8H2,1-2H3,(H,13,14). The second kappa shape index (κ2) is 4.86. The summed E-state index contributed by atoms with van der Waals surface area (Å²) in [5.41, 5.74) is 1.84. The van der Waals surface area contributed by atoms with Gasteiger partial charge in [0.25, 0.3) is 0 Å². The minimum absolute atomic E-state index is 0.188. The molecular weight excluding hydrogens is 218 g/mol. The topological polar surface area (TPSA) is 58.2 Å². The third-order valence-electron chi connectivity index (χ3n) is 2.41. The van der Waals surface area contributed by atoms with E-state index < -0.39 is 0 Å². The van der Waals surface area contributed by atoms with Gasteiger partial charge in [-0.1, -0.05) is 12.1 Å². The molecule has 0 saturated heterocycles. The molecule has 90 valence electrons. The molecule has 0 fully saturated rings. The largest absolute Gasteiger partial charge is 0.465 e. The van der Waals surface area contributed by atoms with E-state index in [9.17, 15) is 4.79 Å². The maximum atomic E-state index is 11.3. The number of imidazole rings is 1. The van der Waals surface area contributed by atoms with Gasteiger partial charge in [-0.2, -0.15) is 0 Å². The normalized spacial score (nSPS) is 10.5. The molecule has 1 N–H and O–H groups in total. The molecule has 0 aliphatic heterocycles. The number of benzene rings is 1. The number of likely N-dealkylation sites (N-methyl/N-ethyl adjacent to an activating group) is 1. The highest BCUT2D eigenvalue weighted by Gasteiger charge is 2.11. The van der Waals surface area contributed by atoms with Gasteiger partial charge in [-0.05, 0) is 19.1 Å². The van der Waals surface area contributed by atoms with Crippen LogP contribution in [0, 0.1) is 0 Å². The quantitative estimate of drug-likeness (QED) is 0.814. The number of anilines is 1. The molecule has 17 heavy (non-hydrogen) atoms. The number of carbonyl (C=O) groups excluding carboxylic acids is 1. The number of fused-ring (bicyclic) bond motifs is 1. The van der Waals surface area contributed by atoms with Gasteiger partial charge < -0.3 is 14.6 Å². The van der Waals surface area contributed by atoms with Gasteiger partial charge in [0.2, 0.25) is 5.95 Å². The lowest BCUT2D eigenvalue weighted by atomic mass is 10.3. The molecule has 0 aliphatic carbocycles. The van der Waals surface area contributed by atoms with Gasteiger partial charge >= 0.3 is 5.97 Å². The Hall–Kier alpha value is -2.04. The minimum atomic E-state index is -0.254. The molecule has 0 amide bonds. The first-order chi connectivity index (χ1) is 8.20. The Balaban J connectivity index is 2.13. The molecule has 0 aliphatic rings. The average Bonchev–Trinajstić information content (AvgIpc) is 2.72. The van der Waals surface area contributed by atoms with Crippen LogP contribution < -0.4 is 4.90 Å². The fraction of sp³-hybridized carbons (Fsp3) is 0.333. The summed E-state index contributed by atoms with van der Waals surface area (Å²) >= 11 is 0. The van der Waals surface area contributed by atoms with Crippen LogP contribution >= 0.6 is 0 Å². The summed E-state index contributed by atoms with van der Waals surface area (Å²) in [6.07, 6.45) is 0. The second-order valence-electron chi connectivity index (χ2n) is 3.74. The van der Waals surface area contributed by atoms with E-state index in [0.717, 1.165) is 11.0 Å². The van der Waals surface area contributed by atoms with Crippen LogP contribution in [0.1, 0.15) is 6.92 Å². The minimum Gasteiger partial charge on any atom is -0.465 e. The lowest BCUT2D eigenvalue weighted by molar-refractivity contribution is -0.141. The molecule has 2 aromatic rings. The van der Waals surface area contributed by atoms with Crippen LogP contribution in [0.5, 0.6) is 0 Å². The van der Waals surface area contributed by atoms with Crippen LogP contribution in [-0.4, -0.2) is 36.1 Å². The number of esters is 1. The summed E-state index contributed by atoms with van der Waals surface area (Å²) in [7, 11) is 1.80. The molecule has 0 atom stereocenters. The highest BCUT2D eigenvalue weighted by molar-refractivity contribution is 5.79. The number of hydrogen-bond acceptors (Lipinski definition) is 4. The van der Waals surface area contributed by atoms with Crippen LogP contribution in [0.4, 0.5) is 5.95 Å². The first kappa shape index (κ1) is 11.4. The molecule has 5 heteroatoms. The van der Waals surface area contributed by atoms with E-state index in [1.165, 1.54) is 0 Å². The summed E-state index contributed by atoms with van der Waals surface area (Å²) in [5, 5.41) is 0. The number of carbonyl (C=O) groups is 1. The van der Waals surface area contributed by atoms with Crippen molar-refractivity contribution >= 4 is 23.0 Å². The molecule has 0 spiro atoms. The highest BCUT2D eigenvalue weighted by atomic mass is 16.5. The summed E-state index contributed by atoms with van der Waals surface area (Å²) in [5.74, 6) is 0.412. The van der Waals surface area contributed by atoms with Gasteiger partial charge in [0.15, 0.2) is 0 Å². The Morgan fingerprint density at radius 1 is 1.47 bits per heavy atom. The van der Waals surface area contributed by atoms with Crippen LogP contribution in [0.2, 0.25) is 0 Å². The number of hydrogen-bond donors (Lipinski definition) is 1. The number of aromatic amines is 1. The molecular formula is C12H15N3O2. The van der Waals surface area contributed by atoms with Gasteiger partial charge in [-0.25, -0.2) is 4.98 Å². The Morgan fingerprint density at radius 2 is 2.24 bits per heavy atom. The first-order valence-electron chi connectivity index (χ1n) is 5.52. The van der Waals surface area contributed by atoms with E-state index in [-0.39, 0.29) is 12.5 Å². The molecule has 5 nitrogen and oxygen atoms in total. The van der Waals surface area contributed by atoms with Crippen LogP contribution in [0.25, 0.3) is 11.0 Å². The van der Waals surface area contributed by atoms with Gasteiger partial charge in [0.05, 0.1) is 17.6 Å². The van der Waals surface area contributed by atoms with Crippen LogP contribution in [0.15, 0.2) is 24.3 Å². The van der Waals surface area contributed by atoms with E-state index in [1.54, 1.807) is 18.9 Å². The molecule has 0 radical (unpaired) electrons.